The molecule has 0 saturated heterocycles. The normalized spacial score (nSPS) is 14.0. The Kier molecular flexibility index (Phi) is 3.93. The second kappa shape index (κ2) is 5.32. The maximum atomic E-state index is 12.3. The fraction of sp³-hybridized carbons (Fsp3) is 0.571. The third-order valence-corrected chi connectivity index (χ3v) is 5.18. The topological polar surface area (TPSA) is 78.9 Å². The number of hydrogen-bond donors (Lipinski definition) is 2. The number of carbonyl (C=O) groups is 1. The van der Waals surface area contributed by atoms with Crippen LogP contribution in [0.1, 0.15) is 49.1 Å². The summed E-state index contributed by atoms with van der Waals surface area (Å²) in [6.45, 7) is 3.81. The van der Waals surface area contributed by atoms with Gasteiger partial charge in [0, 0.05) is 4.88 Å². The molecule has 102 valence electrons. The molecule has 1 aliphatic rings. The summed E-state index contributed by atoms with van der Waals surface area (Å²) in [5, 5.41) is 12.8. The molecule has 0 saturated carbocycles. The average molecular weight is 277 g/mol. The summed E-state index contributed by atoms with van der Waals surface area (Å²) < 4.78 is 0. The molecule has 5 heteroatoms. The van der Waals surface area contributed by atoms with E-state index >= 15 is 0 Å². The van der Waals surface area contributed by atoms with Crippen LogP contribution in [0.25, 0.3) is 0 Å². The summed E-state index contributed by atoms with van der Waals surface area (Å²) in [5.41, 5.74) is 7.00. The van der Waals surface area contributed by atoms with Crippen LogP contribution in [0.3, 0.4) is 0 Å². The second-order valence-electron chi connectivity index (χ2n) is 4.99. The van der Waals surface area contributed by atoms with Crippen molar-refractivity contribution < 1.29 is 4.79 Å². The van der Waals surface area contributed by atoms with Crippen molar-refractivity contribution in [2.24, 2.45) is 5.73 Å². The van der Waals surface area contributed by atoms with Gasteiger partial charge in [0.15, 0.2) is 0 Å². The van der Waals surface area contributed by atoms with E-state index in [0.717, 1.165) is 24.8 Å². The van der Waals surface area contributed by atoms with E-state index in [0.29, 0.717) is 23.4 Å². The highest BCUT2D eigenvalue weighted by Gasteiger charge is 2.32. The Hall–Kier alpha value is -1.38. The zero-order chi connectivity index (χ0) is 14.0. The number of nitrogens with zero attached hydrogens (tertiary/aromatic N) is 1. The maximum Gasteiger partial charge on any atom is 0.245 e. The third kappa shape index (κ3) is 2.38. The molecule has 3 N–H and O–H groups in total. The molecule has 4 nitrogen and oxygen atoms in total. The van der Waals surface area contributed by atoms with Crippen molar-refractivity contribution in [1.29, 1.82) is 5.26 Å². The van der Waals surface area contributed by atoms with Gasteiger partial charge in [-0.25, -0.2) is 0 Å². The molecule has 0 aromatic carbocycles. The summed E-state index contributed by atoms with van der Waals surface area (Å²) in [6.07, 6.45) is 4.24. The van der Waals surface area contributed by atoms with Gasteiger partial charge in [0.25, 0.3) is 0 Å². The minimum Gasteiger partial charge on any atom is -0.317 e. The van der Waals surface area contributed by atoms with Gasteiger partial charge in [0.1, 0.15) is 11.1 Å². The molecule has 1 aliphatic carbocycles. The molecule has 0 atom stereocenters. The Morgan fingerprint density at radius 3 is 2.74 bits per heavy atom. The number of anilines is 1. The second-order valence-corrected chi connectivity index (χ2v) is 6.10. The van der Waals surface area contributed by atoms with Crippen molar-refractivity contribution in [2.75, 3.05) is 5.32 Å². The van der Waals surface area contributed by atoms with Crippen LogP contribution in [0, 0.1) is 11.3 Å². The van der Waals surface area contributed by atoms with E-state index in [4.69, 9.17) is 5.73 Å². The van der Waals surface area contributed by atoms with Crippen molar-refractivity contribution >= 4 is 22.2 Å². The first-order chi connectivity index (χ1) is 9.05. The Balaban J connectivity index is 2.26. The monoisotopic (exact) mass is 277 g/mol. The molecule has 2 rings (SSSR count). The summed E-state index contributed by atoms with van der Waals surface area (Å²) in [6, 6.07) is 2.22. The van der Waals surface area contributed by atoms with E-state index in [1.807, 2.05) is 13.8 Å². The van der Waals surface area contributed by atoms with Gasteiger partial charge in [-0.1, -0.05) is 13.8 Å². The molecule has 0 bridgehead atoms. The highest BCUT2D eigenvalue weighted by Crippen LogP contribution is 2.38. The molecule has 0 unspecified atom stereocenters. The van der Waals surface area contributed by atoms with Gasteiger partial charge < -0.3 is 11.1 Å². The first-order valence-corrected chi connectivity index (χ1v) is 7.52. The molecular formula is C14H19N3OS. The first-order valence-electron chi connectivity index (χ1n) is 6.70. The lowest BCUT2D eigenvalue weighted by Crippen LogP contribution is -2.50. The highest BCUT2D eigenvalue weighted by atomic mass is 32.1. The Labute approximate surface area is 117 Å². The molecule has 0 fully saturated rings. The fourth-order valence-electron chi connectivity index (χ4n) is 2.41. The maximum absolute atomic E-state index is 12.3. The number of thiophene rings is 1. The van der Waals surface area contributed by atoms with E-state index in [2.05, 4.69) is 11.4 Å². The molecule has 0 radical (unpaired) electrons. The standard InChI is InChI=1S/C14H19N3OS/c1-3-14(16,4-2)13(18)17-12-10(8-15)9-6-5-7-11(9)19-12/h3-7,16H2,1-2H3,(H,17,18). The summed E-state index contributed by atoms with van der Waals surface area (Å²) in [7, 11) is 0. The van der Waals surface area contributed by atoms with Crippen molar-refractivity contribution in [1.82, 2.24) is 0 Å². The highest BCUT2D eigenvalue weighted by molar-refractivity contribution is 7.16. The number of carbonyl (C=O) groups excluding carboxylic acids is 1. The lowest BCUT2D eigenvalue weighted by atomic mass is 9.93. The molecule has 0 spiro atoms. The number of fused-ring (bicyclic) bond motifs is 1. The van der Waals surface area contributed by atoms with Crippen LogP contribution in [0.4, 0.5) is 5.00 Å². The minimum atomic E-state index is -0.846. The minimum absolute atomic E-state index is 0.186. The third-order valence-electron chi connectivity index (χ3n) is 3.97. The van der Waals surface area contributed by atoms with Crippen LogP contribution in [-0.2, 0) is 17.6 Å². The largest absolute Gasteiger partial charge is 0.317 e. The Bertz CT molecular complexity index is 538. The molecule has 19 heavy (non-hydrogen) atoms. The van der Waals surface area contributed by atoms with Crippen molar-refractivity contribution in [3.63, 3.8) is 0 Å². The molecule has 1 aromatic rings. The van der Waals surface area contributed by atoms with Crippen molar-refractivity contribution in [3.8, 4) is 6.07 Å². The molecule has 1 heterocycles. The summed E-state index contributed by atoms with van der Waals surface area (Å²) in [5.74, 6) is -0.186. The van der Waals surface area contributed by atoms with E-state index in [9.17, 15) is 10.1 Å². The number of hydrogen-bond acceptors (Lipinski definition) is 4. The summed E-state index contributed by atoms with van der Waals surface area (Å²) in [4.78, 5) is 13.5. The van der Waals surface area contributed by atoms with Gasteiger partial charge in [-0.3, -0.25) is 4.79 Å². The van der Waals surface area contributed by atoms with Gasteiger partial charge in [0.2, 0.25) is 5.91 Å². The predicted octanol–water partition coefficient (Wildman–Crippen LogP) is 2.56. The zero-order valence-corrected chi connectivity index (χ0v) is 12.2. The lowest BCUT2D eigenvalue weighted by molar-refractivity contribution is -0.121. The van der Waals surface area contributed by atoms with Crippen LogP contribution in [0.5, 0.6) is 0 Å². The number of amides is 1. The number of nitrogens with two attached hydrogens (primary N) is 1. The van der Waals surface area contributed by atoms with Crippen LogP contribution in [0.2, 0.25) is 0 Å². The average Bonchev–Trinajstić information content (AvgIpc) is 2.97. The Morgan fingerprint density at radius 1 is 1.47 bits per heavy atom. The van der Waals surface area contributed by atoms with E-state index in [1.54, 1.807) is 0 Å². The van der Waals surface area contributed by atoms with Crippen LogP contribution >= 0.6 is 11.3 Å². The molecule has 1 amide bonds. The molecule has 0 aliphatic heterocycles. The molecular weight excluding hydrogens is 258 g/mol. The number of nitriles is 1. The van der Waals surface area contributed by atoms with Crippen LogP contribution in [-0.4, -0.2) is 11.4 Å². The van der Waals surface area contributed by atoms with E-state index in [-0.39, 0.29) is 5.91 Å². The Morgan fingerprint density at radius 2 is 2.16 bits per heavy atom. The van der Waals surface area contributed by atoms with E-state index < -0.39 is 5.54 Å². The predicted molar refractivity (Wildman–Crippen MR) is 77.2 cm³/mol. The van der Waals surface area contributed by atoms with Gasteiger partial charge in [-0.2, -0.15) is 5.26 Å². The van der Waals surface area contributed by atoms with E-state index in [1.165, 1.54) is 16.2 Å². The smallest absolute Gasteiger partial charge is 0.245 e. The lowest BCUT2D eigenvalue weighted by Gasteiger charge is -2.24. The SMILES string of the molecule is CCC(N)(CC)C(=O)Nc1sc2c(c1C#N)CCC2. The van der Waals surface area contributed by atoms with Crippen LogP contribution < -0.4 is 11.1 Å². The fourth-order valence-corrected chi connectivity index (χ4v) is 3.64. The number of aryl methyl sites for hydroxylation is 1. The van der Waals surface area contributed by atoms with Crippen molar-refractivity contribution in [3.05, 3.63) is 16.0 Å². The van der Waals surface area contributed by atoms with Crippen molar-refractivity contribution in [2.45, 2.75) is 51.5 Å². The van der Waals surface area contributed by atoms with Gasteiger partial charge in [-0.15, -0.1) is 11.3 Å². The number of nitrogens with one attached hydrogen (secondary N) is 1. The zero-order valence-electron chi connectivity index (χ0n) is 11.4. The first kappa shape index (κ1) is 14.0. The summed E-state index contributed by atoms with van der Waals surface area (Å²) >= 11 is 1.53. The number of rotatable bonds is 4. The van der Waals surface area contributed by atoms with Gasteiger partial charge in [-0.05, 0) is 37.7 Å². The van der Waals surface area contributed by atoms with Crippen LogP contribution in [0.15, 0.2) is 0 Å². The van der Waals surface area contributed by atoms with Gasteiger partial charge >= 0.3 is 0 Å². The van der Waals surface area contributed by atoms with Gasteiger partial charge in [0.05, 0.1) is 11.1 Å². The molecule has 1 aromatic heterocycles. The quantitative estimate of drug-likeness (QED) is 0.887.